The van der Waals surface area contributed by atoms with Crippen LogP contribution in [0.3, 0.4) is 0 Å². The molecule has 0 aromatic heterocycles. The van der Waals surface area contributed by atoms with Crippen LogP contribution in [0, 0.1) is 22.9 Å². The highest BCUT2D eigenvalue weighted by Crippen LogP contribution is 2.28. The smallest absolute Gasteiger partial charge is 0.342 e. The van der Waals surface area contributed by atoms with E-state index < -0.39 is 28.0 Å². The number of carbonyl (C=O) groups is 1. The van der Waals surface area contributed by atoms with Gasteiger partial charge in [-0.1, -0.05) is 18.2 Å². The van der Waals surface area contributed by atoms with E-state index in [9.17, 15) is 19.3 Å². The van der Waals surface area contributed by atoms with Crippen molar-refractivity contribution in [2.24, 2.45) is 0 Å². The number of hydrogen-bond acceptors (Lipinski definition) is 3. The number of carboxylic acid groups (broad SMARTS) is 1. The molecule has 0 atom stereocenters. The molecule has 20 heavy (non-hydrogen) atoms. The van der Waals surface area contributed by atoms with E-state index in [-0.39, 0.29) is 0 Å². The Balaban J connectivity index is 2.58. The van der Waals surface area contributed by atoms with Crippen molar-refractivity contribution in [2.45, 2.75) is 6.92 Å². The molecule has 6 heteroatoms. The van der Waals surface area contributed by atoms with Crippen LogP contribution in [0.25, 0.3) is 11.1 Å². The Morgan fingerprint density at radius 3 is 2.35 bits per heavy atom. The first-order chi connectivity index (χ1) is 9.40. The molecule has 0 aliphatic heterocycles. The third kappa shape index (κ3) is 2.49. The molecule has 2 aromatic rings. The molecular weight excluding hydrogens is 265 g/mol. The molecule has 0 bridgehead atoms. The lowest BCUT2D eigenvalue weighted by molar-refractivity contribution is -0.385. The lowest BCUT2D eigenvalue weighted by Gasteiger charge is -2.05. The lowest BCUT2D eigenvalue weighted by atomic mass is 10.0. The lowest BCUT2D eigenvalue weighted by Crippen LogP contribution is -2.02. The Hall–Kier alpha value is -2.76. The molecule has 0 saturated heterocycles. The summed E-state index contributed by atoms with van der Waals surface area (Å²) in [5.74, 6) is -1.80. The molecule has 0 radical (unpaired) electrons. The average molecular weight is 275 g/mol. The summed E-state index contributed by atoms with van der Waals surface area (Å²) in [6.45, 7) is 1.61. The summed E-state index contributed by atoms with van der Waals surface area (Å²) in [7, 11) is 0. The summed E-state index contributed by atoms with van der Waals surface area (Å²) in [5.41, 5.74) is 0.390. The van der Waals surface area contributed by atoms with E-state index in [0.717, 1.165) is 12.1 Å². The minimum Gasteiger partial charge on any atom is -0.477 e. The van der Waals surface area contributed by atoms with Crippen molar-refractivity contribution in [1.82, 2.24) is 0 Å². The fraction of sp³-hybridized carbons (Fsp3) is 0.0714. The van der Waals surface area contributed by atoms with Crippen molar-refractivity contribution in [3.05, 3.63) is 63.5 Å². The van der Waals surface area contributed by atoms with Crippen molar-refractivity contribution in [3.8, 4) is 11.1 Å². The Bertz CT molecular complexity index is 712. The number of rotatable bonds is 3. The fourth-order valence-corrected chi connectivity index (χ4v) is 1.82. The monoisotopic (exact) mass is 275 g/mol. The predicted octanol–water partition coefficient (Wildman–Crippen LogP) is 3.41. The average Bonchev–Trinajstić information content (AvgIpc) is 2.41. The summed E-state index contributed by atoms with van der Waals surface area (Å²) in [5, 5.41) is 19.8. The number of benzene rings is 2. The van der Waals surface area contributed by atoms with E-state index >= 15 is 0 Å². The van der Waals surface area contributed by atoms with Crippen LogP contribution < -0.4 is 0 Å². The molecule has 102 valence electrons. The molecule has 2 aromatic carbocycles. The zero-order valence-electron chi connectivity index (χ0n) is 10.5. The number of nitrogens with zero attached hydrogens (tertiary/aromatic N) is 1. The van der Waals surface area contributed by atoms with E-state index in [1.54, 1.807) is 19.1 Å². The first-order valence-electron chi connectivity index (χ1n) is 5.68. The standard InChI is InChI=1S/C14H10FNO4/c1-8-2-3-9(6-12(8)15)10-4-5-11(14(17)18)13(7-10)16(19)20/h2-7H,1H3,(H,17,18). The number of halogens is 1. The normalized spacial score (nSPS) is 10.3. The maximum Gasteiger partial charge on any atom is 0.342 e. The van der Waals surface area contributed by atoms with E-state index in [1.807, 2.05) is 0 Å². The molecule has 0 aliphatic carbocycles. The summed E-state index contributed by atoms with van der Waals surface area (Å²) in [6.07, 6.45) is 0. The molecule has 0 unspecified atom stereocenters. The second-order valence-electron chi connectivity index (χ2n) is 4.26. The van der Waals surface area contributed by atoms with Gasteiger partial charge in [0.25, 0.3) is 5.69 Å². The van der Waals surface area contributed by atoms with Crippen LogP contribution in [-0.2, 0) is 0 Å². The first-order valence-corrected chi connectivity index (χ1v) is 5.68. The van der Waals surface area contributed by atoms with Crippen molar-refractivity contribution < 1.29 is 19.2 Å². The molecule has 5 nitrogen and oxygen atoms in total. The van der Waals surface area contributed by atoms with Gasteiger partial charge in [-0.3, -0.25) is 10.1 Å². The largest absolute Gasteiger partial charge is 0.477 e. The molecule has 0 saturated carbocycles. The predicted molar refractivity (Wildman–Crippen MR) is 70.2 cm³/mol. The first kappa shape index (κ1) is 13.7. The molecule has 0 spiro atoms. The Morgan fingerprint density at radius 1 is 1.20 bits per heavy atom. The summed E-state index contributed by atoms with van der Waals surface area (Å²) in [6, 6.07) is 8.13. The highest BCUT2D eigenvalue weighted by Gasteiger charge is 2.20. The van der Waals surface area contributed by atoms with Crippen molar-refractivity contribution in [2.75, 3.05) is 0 Å². The molecule has 0 amide bonds. The number of nitro benzene ring substituents is 1. The summed E-state index contributed by atoms with van der Waals surface area (Å²) >= 11 is 0. The minimum atomic E-state index is -1.38. The van der Waals surface area contributed by atoms with Gasteiger partial charge in [0.05, 0.1) is 4.92 Å². The van der Waals surface area contributed by atoms with Crippen molar-refractivity contribution in [3.63, 3.8) is 0 Å². The Labute approximate surface area is 113 Å². The van der Waals surface area contributed by atoms with Crippen LogP contribution in [0.1, 0.15) is 15.9 Å². The number of aryl methyl sites for hydroxylation is 1. The third-order valence-corrected chi connectivity index (χ3v) is 2.93. The van der Waals surface area contributed by atoms with E-state index in [1.165, 1.54) is 12.1 Å². The van der Waals surface area contributed by atoms with E-state index in [2.05, 4.69) is 0 Å². The molecule has 0 heterocycles. The highest BCUT2D eigenvalue weighted by molar-refractivity contribution is 5.93. The number of carboxylic acids is 1. The van der Waals surface area contributed by atoms with Crippen LogP contribution in [0.2, 0.25) is 0 Å². The van der Waals surface area contributed by atoms with Crippen LogP contribution in [-0.4, -0.2) is 16.0 Å². The van der Waals surface area contributed by atoms with Gasteiger partial charge in [-0.25, -0.2) is 9.18 Å². The van der Waals surface area contributed by atoms with E-state index in [0.29, 0.717) is 16.7 Å². The third-order valence-electron chi connectivity index (χ3n) is 2.93. The second-order valence-corrected chi connectivity index (χ2v) is 4.26. The van der Waals surface area contributed by atoms with Gasteiger partial charge in [0, 0.05) is 6.07 Å². The van der Waals surface area contributed by atoms with Crippen molar-refractivity contribution >= 4 is 11.7 Å². The zero-order valence-corrected chi connectivity index (χ0v) is 10.5. The molecule has 2 rings (SSSR count). The summed E-state index contributed by atoms with van der Waals surface area (Å²) < 4.78 is 13.5. The molecule has 1 N–H and O–H groups in total. The van der Waals surface area contributed by atoms with Crippen LogP contribution >= 0.6 is 0 Å². The van der Waals surface area contributed by atoms with Gasteiger partial charge in [-0.05, 0) is 35.7 Å². The van der Waals surface area contributed by atoms with Gasteiger partial charge < -0.3 is 5.11 Å². The van der Waals surface area contributed by atoms with Gasteiger partial charge >= 0.3 is 5.97 Å². The second kappa shape index (κ2) is 5.08. The van der Waals surface area contributed by atoms with Crippen LogP contribution in [0.15, 0.2) is 36.4 Å². The maximum absolute atomic E-state index is 13.5. The van der Waals surface area contributed by atoms with Gasteiger partial charge in [0.2, 0.25) is 0 Å². The van der Waals surface area contributed by atoms with E-state index in [4.69, 9.17) is 5.11 Å². The number of nitro groups is 1. The van der Waals surface area contributed by atoms with Gasteiger partial charge in [0.15, 0.2) is 0 Å². The van der Waals surface area contributed by atoms with Crippen LogP contribution in [0.5, 0.6) is 0 Å². The fourth-order valence-electron chi connectivity index (χ4n) is 1.82. The SMILES string of the molecule is Cc1ccc(-c2ccc(C(=O)O)c([N+](=O)[O-])c2)cc1F. The van der Waals surface area contributed by atoms with Gasteiger partial charge in [0.1, 0.15) is 11.4 Å². The topological polar surface area (TPSA) is 80.4 Å². The Kier molecular flexibility index (Phi) is 3.47. The zero-order chi connectivity index (χ0) is 14.9. The van der Waals surface area contributed by atoms with Crippen LogP contribution in [0.4, 0.5) is 10.1 Å². The van der Waals surface area contributed by atoms with Crippen molar-refractivity contribution in [1.29, 1.82) is 0 Å². The maximum atomic E-state index is 13.5. The highest BCUT2D eigenvalue weighted by atomic mass is 19.1. The molecule has 0 aliphatic rings. The molecule has 0 fully saturated rings. The summed E-state index contributed by atoms with van der Waals surface area (Å²) in [4.78, 5) is 21.0. The minimum absolute atomic E-state index is 0.389. The number of hydrogen-bond donors (Lipinski definition) is 1. The van der Waals surface area contributed by atoms with Gasteiger partial charge in [-0.2, -0.15) is 0 Å². The molecular formula is C14H10FNO4. The Morgan fingerprint density at radius 2 is 1.80 bits per heavy atom. The number of aromatic carboxylic acids is 1. The quantitative estimate of drug-likeness (QED) is 0.687. The van der Waals surface area contributed by atoms with Gasteiger partial charge in [-0.15, -0.1) is 0 Å².